The van der Waals surface area contributed by atoms with Gasteiger partial charge in [0.05, 0.1) is 0 Å². The molecule has 5 nitrogen and oxygen atoms in total. The smallest absolute Gasteiger partial charge is 0.251 e. The summed E-state index contributed by atoms with van der Waals surface area (Å²) in [4.78, 5) is 38.3. The summed E-state index contributed by atoms with van der Waals surface area (Å²) < 4.78 is 0. The Morgan fingerprint density at radius 2 is 1.64 bits per heavy atom. The molecule has 2 aromatic rings. The summed E-state index contributed by atoms with van der Waals surface area (Å²) in [5.74, 6) is -0.793. The van der Waals surface area contributed by atoms with Gasteiger partial charge < -0.3 is 5.32 Å². The predicted molar refractivity (Wildman–Crippen MR) is 93.8 cm³/mol. The number of nitrogens with one attached hydrogen (secondary N) is 1. The van der Waals surface area contributed by atoms with Crippen LogP contribution in [-0.4, -0.2) is 35.2 Å². The topological polar surface area (TPSA) is 66.5 Å². The van der Waals surface area contributed by atoms with Crippen LogP contribution in [0.4, 0.5) is 0 Å². The number of carbonyl (C=O) groups is 3. The van der Waals surface area contributed by atoms with E-state index in [1.165, 1.54) is 4.90 Å². The highest BCUT2D eigenvalue weighted by Crippen LogP contribution is 2.15. The van der Waals surface area contributed by atoms with E-state index in [-0.39, 0.29) is 24.1 Å². The maximum atomic E-state index is 12.6. The molecule has 0 unspecified atom stereocenters. The van der Waals surface area contributed by atoms with Gasteiger partial charge in [0.1, 0.15) is 6.04 Å². The molecule has 1 saturated heterocycles. The first-order valence-corrected chi connectivity index (χ1v) is 8.39. The number of carbonyl (C=O) groups excluding carboxylic acids is 3. The van der Waals surface area contributed by atoms with Crippen molar-refractivity contribution in [3.63, 3.8) is 0 Å². The van der Waals surface area contributed by atoms with Crippen molar-refractivity contribution in [2.24, 2.45) is 0 Å². The summed E-state index contributed by atoms with van der Waals surface area (Å²) in [6, 6.07) is 17.8. The lowest BCUT2D eigenvalue weighted by Gasteiger charge is -2.31. The van der Waals surface area contributed by atoms with Crippen molar-refractivity contribution in [2.45, 2.75) is 25.3 Å². The van der Waals surface area contributed by atoms with Gasteiger partial charge >= 0.3 is 0 Å². The standard InChI is InChI=1S/C20H20N2O3/c23-18-12-11-17(21-19(24)16-9-5-2-6-10-16)20(25)22(18)14-13-15-7-3-1-4-8-15/h1-10,17H,11-14H2,(H,21,24)/t17-/m0/s1. The Morgan fingerprint density at radius 3 is 2.32 bits per heavy atom. The third-order valence-corrected chi connectivity index (χ3v) is 4.32. The average Bonchev–Trinajstić information content (AvgIpc) is 2.65. The van der Waals surface area contributed by atoms with Gasteiger partial charge in [0.2, 0.25) is 5.91 Å². The van der Waals surface area contributed by atoms with Gasteiger partial charge in [-0.1, -0.05) is 48.5 Å². The second-order valence-corrected chi connectivity index (χ2v) is 6.05. The van der Waals surface area contributed by atoms with E-state index in [1.807, 2.05) is 36.4 Å². The highest BCUT2D eigenvalue weighted by Gasteiger charge is 2.34. The fraction of sp³-hybridized carbons (Fsp3) is 0.250. The van der Waals surface area contributed by atoms with Crippen molar-refractivity contribution in [1.82, 2.24) is 10.2 Å². The van der Waals surface area contributed by atoms with E-state index in [2.05, 4.69) is 5.32 Å². The lowest BCUT2D eigenvalue weighted by Crippen LogP contribution is -2.54. The van der Waals surface area contributed by atoms with Gasteiger partial charge in [0.25, 0.3) is 11.8 Å². The number of hydrogen-bond acceptors (Lipinski definition) is 3. The van der Waals surface area contributed by atoms with E-state index in [1.54, 1.807) is 24.3 Å². The summed E-state index contributed by atoms with van der Waals surface area (Å²) in [5, 5.41) is 2.75. The number of nitrogens with zero attached hydrogens (tertiary/aromatic N) is 1. The van der Waals surface area contributed by atoms with Gasteiger partial charge in [-0.25, -0.2) is 0 Å². The summed E-state index contributed by atoms with van der Waals surface area (Å²) in [7, 11) is 0. The van der Waals surface area contributed by atoms with Crippen molar-refractivity contribution >= 4 is 17.7 Å². The molecule has 0 spiro atoms. The Balaban J connectivity index is 1.63. The zero-order valence-corrected chi connectivity index (χ0v) is 13.9. The average molecular weight is 336 g/mol. The van der Waals surface area contributed by atoms with E-state index in [0.717, 1.165) is 5.56 Å². The number of benzene rings is 2. The Kier molecular flexibility index (Phi) is 5.23. The molecule has 1 aliphatic rings. The van der Waals surface area contributed by atoms with E-state index >= 15 is 0 Å². The van der Waals surface area contributed by atoms with Crippen LogP contribution in [-0.2, 0) is 16.0 Å². The molecule has 3 amide bonds. The molecule has 0 saturated carbocycles. The number of hydrogen-bond donors (Lipinski definition) is 1. The molecule has 3 rings (SSSR count). The van der Waals surface area contributed by atoms with Crippen LogP contribution in [0.5, 0.6) is 0 Å². The summed E-state index contributed by atoms with van der Waals surface area (Å²) in [6.45, 7) is 0.333. The zero-order valence-electron chi connectivity index (χ0n) is 13.9. The molecule has 128 valence electrons. The van der Waals surface area contributed by atoms with E-state index in [4.69, 9.17) is 0 Å². The normalized spacial score (nSPS) is 17.4. The summed E-state index contributed by atoms with van der Waals surface area (Å²) in [5.41, 5.74) is 1.57. The molecule has 1 heterocycles. The monoisotopic (exact) mass is 336 g/mol. The molecule has 1 fully saturated rings. The third kappa shape index (κ3) is 4.12. The van der Waals surface area contributed by atoms with E-state index < -0.39 is 6.04 Å². The number of amides is 3. The molecule has 1 atom stereocenters. The van der Waals surface area contributed by atoms with Gasteiger partial charge in [-0.15, -0.1) is 0 Å². The quantitative estimate of drug-likeness (QED) is 0.851. The Morgan fingerprint density at radius 1 is 1.00 bits per heavy atom. The van der Waals surface area contributed by atoms with Crippen molar-refractivity contribution in [1.29, 1.82) is 0 Å². The molecule has 0 radical (unpaired) electrons. The number of piperidine rings is 1. The summed E-state index contributed by atoms with van der Waals surface area (Å²) >= 11 is 0. The maximum absolute atomic E-state index is 12.6. The van der Waals surface area contributed by atoms with Crippen LogP contribution in [0.25, 0.3) is 0 Å². The van der Waals surface area contributed by atoms with Crippen LogP contribution in [0.1, 0.15) is 28.8 Å². The first-order valence-electron chi connectivity index (χ1n) is 8.39. The van der Waals surface area contributed by atoms with Gasteiger partial charge in [0.15, 0.2) is 0 Å². The highest BCUT2D eigenvalue weighted by molar-refractivity contribution is 6.03. The predicted octanol–water partition coefficient (Wildman–Crippen LogP) is 2.18. The zero-order chi connectivity index (χ0) is 17.6. The van der Waals surface area contributed by atoms with Crippen LogP contribution in [0, 0.1) is 0 Å². The third-order valence-electron chi connectivity index (χ3n) is 4.32. The minimum absolute atomic E-state index is 0.175. The minimum Gasteiger partial charge on any atom is -0.340 e. The molecular weight excluding hydrogens is 316 g/mol. The molecule has 0 aromatic heterocycles. The minimum atomic E-state index is -0.652. The van der Waals surface area contributed by atoms with Gasteiger partial charge in [0, 0.05) is 18.5 Å². The molecule has 0 aliphatic carbocycles. The van der Waals surface area contributed by atoms with Crippen molar-refractivity contribution in [2.75, 3.05) is 6.54 Å². The van der Waals surface area contributed by atoms with E-state index in [9.17, 15) is 14.4 Å². The SMILES string of the molecule is O=C(N[C@H]1CCC(=O)N(CCc2ccccc2)C1=O)c1ccccc1. The second kappa shape index (κ2) is 7.75. The number of rotatable bonds is 5. The Bertz CT molecular complexity index is 759. The fourth-order valence-electron chi connectivity index (χ4n) is 2.92. The molecule has 1 N–H and O–H groups in total. The lowest BCUT2D eigenvalue weighted by molar-refractivity contribution is -0.149. The van der Waals surface area contributed by atoms with Crippen LogP contribution in [0.2, 0.25) is 0 Å². The molecule has 0 bridgehead atoms. The summed E-state index contributed by atoms with van der Waals surface area (Å²) in [6.07, 6.45) is 1.22. The maximum Gasteiger partial charge on any atom is 0.251 e. The van der Waals surface area contributed by atoms with E-state index in [0.29, 0.717) is 24.9 Å². The fourth-order valence-corrected chi connectivity index (χ4v) is 2.92. The molecular formula is C20H20N2O3. The lowest BCUT2D eigenvalue weighted by atomic mass is 10.0. The van der Waals surface area contributed by atoms with Crippen LogP contribution < -0.4 is 5.32 Å². The van der Waals surface area contributed by atoms with Gasteiger partial charge in [-0.05, 0) is 30.5 Å². The largest absolute Gasteiger partial charge is 0.340 e. The molecule has 1 aliphatic heterocycles. The van der Waals surface area contributed by atoms with Crippen molar-refractivity contribution in [3.8, 4) is 0 Å². The highest BCUT2D eigenvalue weighted by atomic mass is 16.2. The molecule has 5 heteroatoms. The Hall–Kier alpha value is -2.95. The number of likely N-dealkylation sites (tertiary alicyclic amines) is 1. The molecule has 25 heavy (non-hydrogen) atoms. The van der Waals surface area contributed by atoms with Crippen molar-refractivity contribution < 1.29 is 14.4 Å². The van der Waals surface area contributed by atoms with Crippen LogP contribution >= 0.6 is 0 Å². The number of imide groups is 1. The van der Waals surface area contributed by atoms with Crippen molar-refractivity contribution in [3.05, 3.63) is 71.8 Å². The van der Waals surface area contributed by atoms with Gasteiger partial charge in [-0.2, -0.15) is 0 Å². The first kappa shape index (κ1) is 16.9. The van der Waals surface area contributed by atoms with Crippen LogP contribution in [0.3, 0.4) is 0 Å². The van der Waals surface area contributed by atoms with Crippen LogP contribution in [0.15, 0.2) is 60.7 Å². The molecule has 2 aromatic carbocycles. The van der Waals surface area contributed by atoms with Gasteiger partial charge in [-0.3, -0.25) is 19.3 Å². The second-order valence-electron chi connectivity index (χ2n) is 6.05. The Labute approximate surface area is 146 Å². The first-order chi connectivity index (χ1) is 12.1.